The van der Waals surface area contributed by atoms with Crippen LogP contribution in [0.3, 0.4) is 0 Å². The summed E-state index contributed by atoms with van der Waals surface area (Å²) in [6.07, 6.45) is 0.613. The fourth-order valence-corrected chi connectivity index (χ4v) is 2.74. The van der Waals surface area contributed by atoms with Crippen molar-refractivity contribution in [2.75, 3.05) is 39.3 Å². The largest absolute Gasteiger partial charge is 0.496 e. The Morgan fingerprint density at radius 3 is 2.15 bits per heavy atom. The molecule has 0 spiro atoms. The van der Waals surface area contributed by atoms with Gasteiger partial charge in [0.25, 0.3) is 0 Å². The Labute approximate surface area is 154 Å². The van der Waals surface area contributed by atoms with E-state index in [2.05, 4.69) is 5.32 Å². The number of hydrogen-bond acceptors (Lipinski definition) is 4. The van der Waals surface area contributed by atoms with Crippen LogP contribution in [0.1, 0.15) is 12.5 Å². The third kappa shape index (κ3) is 4.59. The Hall–Kier alpha value is -2.89. The summed E-state index contributed by atoms with van der Waals surface area (Å²) in [5, 5.41) is 2.96. The van der Waals surface area contributed by atoms with Gasteiger partial charge < -0.3 is 19.5 Å². The van der Waals surface area contributed by atoms with Crippen molar-refractivity contribution in [1.29, 1.82) is 0 Å². The van der Waals surface area contributed by atoms with Crippen molar-refractivity contribution in [2.45, 2.75) is 13.3 Å². The lowest BCUT2D eigenvalue weighted by Gasteiger charge is -2.21. The second-order valence-electron chi connectivity index (χ2n) is 5.58. The molecule has 0 aromatic heterocycles. The van der Waals surface area contributed by atoms with Gasteiger partial charge in [0.2, 0.25) is 0 Å². The molecule has 1 N–H and O–H groups in total. The molecular weight excluding hydrogens is 332 g/mol. The van der Waals surface area contributed by atoms with Crippen molar-refractivity contribution < 1.29 is 19.0 Å². The first-order chi connectivity index (χ1) is 12.6. The molecule has 2 aromatic carbocycles. The van der Waals surface area contributed by atoms with E-state index in [4.69, 9.17) is 14.2 Å². The normalized spacial score (nSPS) is 10.2. The number of urea groups is 1. The molecule has 0 saturated heterocycles. The van der Waals surface area contributed by atoms with Gasteiger partial charge in [-0.1, -0.05) is 18.2 Å². The Morgan fingerprint density at radius 1 is 0.962 bits per heavy atom. The summed E-state index contributed by atoms with van der Waals surface area (Å²) in [7, 11) is 4.78. The number of methoxy groups -OCH3 is 3. The van der Waals surface area contributed by atoms with Crippen LogP contribution in [-0.4, -0.2) is 40.5 Å². The molecule has 0 radical (unpaired) electrons. The number of nitrogens with one attached hydrogen (secondary N) is 1. The van der Waals surface area contributed by atoms with Gasteiger partial charge in [-0.05, 0) is 37.1 Å². The molecule has 0 bridgehead atoms. The zero-order valence-electron chi connectivity index (χ0n) is 15.7. The van der Waals surface area contributed by atoms with Crippen molar-refractivity contribution in [1.82, 2.24) is 5.32 Å². The molecule has 6 heteroatoms. The fraction of sp³-hybridized carbons (Fsp3) is 0.350. The Kier molecular flexibility index (Phi) is 7.14. The van der Waals surface area contributed by atoms with Gasteiger partial charge in [0.15, 0.2) is 11.5 Å². The third-order valence-electron chi connectivity index (χ3n) is 4.09. The minimum absolute atomic E-state index is 0.127. The summed E-state index contributed by atoms with van der Waals surface area (Å²) in [5.74, 6) is 1.94. The lowest BCUT2D eigenvalue weighted by atomic mass is 10.1. The highest BCUT2D eigenvalue weighted by Gasteiger charge is 2.15. The van der Waals surface area contributed by atoms with E-state index < -0.39 is 0 Å². The summed E-state index contributed by atoms with van der Waals surface area (Å²) in [5.41, 5.74) is 1.81. The summed E-state index contributed by atoms with van der Waals surface area (Å²) in [4.78, 5) is 14.2. The first-order valence-electron chi connectivity index (χ1n) is 8.53. The average Bonchev–Trinajstić information content (AvgIpc) is 2.68. The summed E-state index contributed by atoms with van der Waals surface area (Å²) < 4.78 is 16.1. The Balaban J connectivity index is 2.03. The van der Waals surface area contributed by atoms with Gasteiger partial charge in [-0.3, -0.25) is 4.90 Å². The zero-order chi connectivity index (χ0) is 18.9. The van der Waals surface area contributed by atoms with Gasteiger partial charge in [0.05, 0.1) is 21.3 Å². The topological polar surface area (TPSA) is 60.0 Å². The number of amides is 2. The van der Waals surface area contributed by atoms with E-state index in [0.29, 0.717) is 36.8 Å². The minimum Gasteiger partial charge on any atom is -0.496 e. The number of hydrogen-bond donors (Lipinski definition) is 1. The molecule has 2 amide bonds. The van der Waals surface area contributed by atoms with E-state index in [0.717, 1.165) is 11.3 Å². The number of anilines is 1. The molecule has 26 heavy (non-hydrogen) atoms. The summed E-state index contributed by atoms with van der Waals surface area (Å²) in [6.45, 7) is 3.02. The monoisotopic (exact) mass is 358 g/mol. The van der Waals surface area contributed by atoms with Crippen LogP contribution in [0.15, 0.2) is 42.5 Å². The smallest absolute Gasteiger partial charge is 0.321 e. The highest BCUT2D eigenvalue weighted by atomic mass is 16.5. The van der Waals surface area contributed by atoms with E-state index in [-0.39, 0.29) is 6.03 Å². The van der Waals surface area contributed by atoms with E-state index in [1.807, 2.05) is 43.3 Å². The lowest BCUT2D eigenvalue weighted by Crippen LogP contribution is -2.40. The molecule has 0 aliphatic heterocycles. The van der Waals surface area contributed by atoms with Gasteiger partial charge >= 0.3 is 6.03 Å². The molecule has 0 heterocycles. The van der Waals surface area contributed by atoms with Gasteiger partial charge in [0.1, 0.15) is 5.75 Å². The Bertz CT molecular complexity index is 719. The number of carbonyl (C=O) groups is 1. The van der Waals surface area contributed by atoms with Crippen LogP contribution < -0.4 is 24.4 Å². The van der Waals surface area contributed by atoms with Crippen LogP contribution in [0.25, 0.3) is 0 Å². The molecule has 6 nitrogen and oxygen atoms in total. The van der Waals surface area contributed by atoms with Crippen molar-refractivity contribution in [3.63, 3.8) is 0 Å². The third-order valence-corrected chi connectivity index (χ3v) is 4.09. The molecule has 140 valence electrons. The zero-order valence-corrected chi connectivity index (χ0v) is 15.7. The van der Waals surface area contributed by atoms with Crippen molar-refractivity contribution in [3.05, 3.63) is 48.0 Å². The minimum atomic E-state index is -0.127. The molecular formula is C20H26N2O4. The maximum absolute atomic E-state index is 12.5. The van der Waals surface area contributed by atoms with Crippen LogP contribution in [0.2, 0.25) is 0 Å². The van der Waals surface area contributed by atoms with Crippen molar-refractivity contribution in [3.8, 4) is 17.2 Å². The lowest BCUT2D eigenvalue weighted by molar-refractivity contribution is 0.246. The van der Waals surface area contributed by atoms with Gasteiger partial charge in [-0.15, -0.1) is 0 Å². The van der Waals surface area contributed by atoms with Gasteiger partial charge in [0, 0.05) is 24.8 Å². The van der Waals surface area contributed by atoms with E-state index in [1.165, 1.54) is 0 Å². The number of para-hydroxylation sites is 1. The second-order valence-corrected chi connectivity index (χ2v) is 5.58. The molecule has 0 saturated carbocycles. The van der Waals surface area contributed by atoms with E-state index in [9.17, 15) is 4.79 Å². The predicted molar refractivity (Wildman–Crippen MR) is 103 cm³/mol. The number of rotatable bonds is 8. The average molecular weight is 358 g/mol. The van der Waals surface area contributed by atoms with Gasteiger partial charge in [-0.2, -0.15) is 0 Å². The molecule has 0 fully saturated rings. The van der Waals surface area contributed by atoms with Crippen molar-refractivity contribution >= 4 is 11.7 Å². The maximum atomic E-state index is 12.5. The summed E-state index contributed by atoms with van der Waals surface area (Å²) >= 11 is 0. The highest BCUT2D eigenvalue weighted by molar-refractivity contribution is 5.91. The number of nitrogens with zero attached hydrogens (tertiary/aromatic N) is 1. The molecule has 2 rings (SSSR count). The molecule has 0 aliphatic carbocycles. The van der Waals surface area contributed by atoms with Crippen LogP contribution in [0.4, 0.5) is 10.5 Å². The summed E-state index contributed by atoms with van der Waals surface area (Å²) in [6, 6.07) is 13.1. The van der Waals surface area contributed by atoms with E-state index in [1.54, 1.807) is 32.3 Å². The van der Waals surface area contributed by atoms with Crippen LogP contribution >= 0.6 is 0 Å². The number of carbonyl (C=O) groups excluding carboxylic acids is 1. The predicted octanol–water partition coefficient (Wildman–Crippen LogP) is 3.49. The highest BCUT2D eigenvalue weighted by Crippen LogP contribution is 2.34. The standard InChI is InChI=1S/C20H26N2O4/c1-5-22(16-9-7-6-8-10-16)20(23)21-12-11-15-13-18(25-3)19(26-4)14-17(15)24-2/h6-10,13-14H,5,11-12H2,1-4H3,(H,21,23). The quantitative estimate of drug-likeness (QED) is 0.785. The van der Waals surface area contributed by atoms with E-state index >= 15 is 0 Å². The number of ether oxygens (including phenoxy) is 3. The van der Waals surface area contributed by atoms with Crippen LogP contribution in [-0.2, 0) is 6.42 Å². The maximum Gasteiger partial charge on any atom is 0.321 e. The first kappa shape index (κ1) is 19.4. The fourth-order valence-electron chi connectivity index (χ4n) is 2.74. The van der Waals surface area contributed by atoms with Crippen molar-refractivity contribution in [2.24, 2.45) is 0 Å². The Morgan fingerprint density at radius 2 is 1.58 bits per heavy atom. The molecule has 0 aliphatic rings. The molecule has 2 aromatic rings. The second kappa shape index (κ2) is 9.56. The molecule has 0 atom stereocenters. The SMILES string of the molecule is CCN(C(=O)NCCc1cc(OC)c(OC)cc1OC)c1ccccc1. The van der Waals surface area contributed by atoms with Crippen LogP contribution in [0, 0.1) is 0 Å². The number of benzene rings is 2. The first-order valence-corrected chi connectivity index (χ1v) is 8.53. The van der Waals surface area contributed by atoms with Crippen LogP contribution in [0.5, 0.6) is 17.2 Å². The van der Waals surface area contributed by atoms with Gasteiger partial charge in [-0.25, -0.2) is 4.79 Å². The molecule has 0 unspecified atom stereocenters.